The lowest BCUT2D eigenvalue weighted by Gasteiger charge is -2.12. The van der Waals surface area contributed by atoms with Gasteiger partial charge in [0.15, 0.2) is 0 Å². The monoisotopic (exact) mass is 299 g/mol. The molecule has 1 atom stereocenters. The van der Waals surface area contributed by atoms with Gasteiger partial charge in [-0.1, -0.05) is 17.7 Å². The normalized spacial score (nSPS) is 19.2. The van der Waals surface area contributed by atoms with Crippen molar-refractivity contribution >= 4 is 16.2 Å². The molecule has 1 aromatic rings. The predicted octanol–water partition coefficient (Wildman–Crippen LogP) is 1.54. The maximum atomic E-state index is 11.9. The number of carbonyl (C=O) groups is 1. The van der Waals surface area contributed by atoms with E-state index in [1.807, 2.05) is 6.92 Å². The maximum absolute atomic E-state index is 11.9. The van der Waals surface area contributed by atoms with Crippen molar-refractivity contribution < 1.29 is 22.1 Å². The fraction of sp³-hybridized carbons (Fsp3) is 0.462. The molecule has 110 valence electrons. The molecule has 2 rings (SSSR count). The van der Waals surface area contributed by atoms with Crippen LogP contribution in [0.1, 0.15) is 12.5 Å². The average molecular weight is 299 g/mol. The molecule has 1 saturated heterocycles. The molecule has 0 N–H and O–H groups in total. The van der Waals surface area contributed by atoms with Crippen molar-refractivity contribution in [1.29, 1.82) is 0 Å². The van der Waals surface area contributed by atoms with Gasteiger partial charge in [0, 0.05) is 6.54 Å². The first kappa shape index (κ1) is 14.8. The molecule has 1 fully saturated rings. The molecule has 0 saturated carbocycles. The molecule has 1 aliphatic rings. The zero-order valence-corrected chi connectivity index (χ0v) is 12.2. The molecule has 7 heteroatoms. The first-order valence-electron chi connectivity index (χ1n) is 6.30. The Labute approximate surface area is 118 Å². The van der Waals surface area contributed by atoms with Crippen LogP contribution in [-0.4, -0.2) is 45.2 Å². The number of nitrogens with zero attached hydrogens (tertiary/aromatic N) is 1. The van der Waals surface area contributed by atoms with Gasteiger partial charge in [-0.3, -0.25) is 4.18 Å². The third-order valence-corrected chi connectivity index (χ3v) is 4.27. The zero-order valence-electron chi connectivity index (χ0n) is 11.4. The molecular weight excluding hydrogens is 282 g/mol. The van der Waals surface area contributed by atoms with E-state index in [0.717, 1.165) is 5.56 Å². The third-order valence-electron chi connectivity index (χ3n) is 2.95. The summed E-state index contributed by atoms with van der Waals surface area (Å²) in [4.78, 5) is 12.9. The minimum absolute atomic E-state index is 0.0853. The number of benzene rings is 1. The molecule has 20 heavy (non-hydrogen) atoms. The number of ether oxygens (including phenoxy) is 1. The molecule has 0 aliphatic carbocycles. The number of rotatable bonds is 5. The largest absolute Gasteiger partial charge is 0.445 e. The molecule has 1 aliphatic heterocycles. The van der Waals surface area contributed by atoms with Crippen LogP contribution in [0.5, 0.6) is 0 Å². The minimum Gasteiger partial charge on any atom is -0.445 e. The van der Waals surface area contributed by atoms with E-state index in [1.165, 1.54) is 17.0 Å². The predicted molar refractivity (Wildman–Crippen MR) is 71.8 cm³/mol. The first-order chi connectivity index (χ1) is 9.38. The number of aryl methyl sites for hydroxylation is 1. The Morgan fingerprint density at radius 1 is 1.35 bits per heavy atom. The van der Waals surface area contributed by atoms with Crippen LogP contribution in [0.2, 0.25) is 0 Å². The van der Waals surface area contributed by atoms with Crippen molar-refractivity contribution in [3.63, 3.8) is 0 Å². The van der Waals surface area contributed by atoms with Gasteiger partial charge in [-0.2, -0.15) is 8.42 Å². The fourth-order valence-electron chi connectivity index (χ4n) is 1.88. The Morgan fingerprint density at radius 2 is 2.00 bits per heavy atom. The van der Waals surface area contributed by atoms with Crippen LogP contribution in [-0.2, 0) is 19.0 Å². The highest BCUT2D eigenvalue weighted by molar-refractivity contribution is 7.86. The standard InChI is InChI=1S/C13H17NO5S/c1-10-3-5-12(6-4-10)20(16,17)18-8-7-14-9-11(2)19-13(14)15/h3-6,11H,7-9H2,1-2H3. The van der Waals surface area contributed by atoms with Crippen molar-refractivity contribution in [2.45, 2.75) is 24.8 Å². The lowest BCUT2D eigenvalue weighted by molar-refractivity contribution is 0.136. The van der Waals surface area contributed by atoms with E-state index < -0.39 is 16.2 Å². The maximum Gasteiger partial charge on any atom is 0.410 e. The molecule has 0 spiro atoms. The highest BCUT2D eigenvalue weighted by atomic mass is 32.2. The van der Waals surface area contributed by atoms with E-state index in [1.54, 1.807) is 19.1 Å². The summed E-state index contributed by atoms with van der Waals surface area (Å²) in [5, 5.41) is 0. The molecule has 1 amide bonds. The van der Waals surface area contributed by atoms with Crippen LogP contribution < -0.4 is 0 Å². The number of amides is 1. The molecule has 0 aromatic heterocycles. The van der Waals surface area contributed by atoms with Gasteiger partial charge < -0.3 is 9.64 Å². The average Bonchev–Trinajstić information content (AvgIpc) is 2.68. The van der Waals surface area contributed by atoms with Crippen LogP contribution >= 0.6 is 0 Å². The molecule has 6 nitrogen and oxygen atoms in total. The second-order valence-corrected chi connectivity index (χ2v) is 6.34. The van der Waals surface area contributed by atoms with E-state index in [-0.39, 0.29) is 24.2 Å². The molecule has 1 heterocycles. The quantitative estimate of drug-likeness (QED) is 0.771. The molecule has 0 bridgehead atoms. The van der Waals surface area contributed by atoms with Gasteiger partial charge in [0.05, 0.1) is 18.0 Å². The van der Waals surface area contributed by atoms with Crippen LogP contribution in [0.3, 0.4) is 0 Å². The Bertz CT molecular complexity index is 581. The van der Waals surface area contributed by atoms with Crippen LogP contribution in [0.25, 0.3) is 0 Å². The van der Waals surface area contributed by atoms with Crippen molar-refractivity contribution in [3.05, 3.63) is 29.8 Å². The summed E-state index contributed by atoms with van der Waals surface area (Å²) in [6.45, 7) is 4.21. The fourth-order valence-corrected chi connectivity index (χ4v) is 2.78. The Kier molecular flexibility index (Phi) is 4.29. The van der Waals surface area contributed by atoms with E-state index in [4.69, 9.17) is 8.92 Å². The lowest BCUT2D eigenvalue weighted by Crippen LogP contribution is -2.29. The Morgan fingerprint density at radius 3 is 2.55 bits per heavy atom. The zero-order chi connectivity index (χ0) is 14.8. The van der Waals surface area contributed by atoms with E-state index >= 15 is 0 Å². The van der Waals surface area contributed by atoms with Crippen LogP contribution in [0, 0.1) is 6.92 Å². The van der Waals surface area contributed by atoms with E-state index in [0.29, 0.717) is 6.54 Å². The first-order valence-corrected chi connectivity index (χ1v) is 7.71. The van der Waals surface area contributed by atoms with Crippen LogP contribution in [0.4, 0.5) is 4.79 Å². The van der Waals surface area contributed by atoms with Gasteiger partial charge in [0.25, 0.3) is 10.1 Å². The van der Waals surface area contributed by atoms with Gasteiger partial charge >= 0.3 is 6.09 Å². The van der Waals surface area contributed by atoms with Gasteiger partial charge in [0.1, 0.15) is 6.10 Å². The topological polar surface area (TPSA) is 72.9 Å². The summed E-state index contributed by atoms with van der Waals surface area (Å²) in [6.07, 6.45) is -0.606. The smallest absolute Gasteiger partial charge is 0.410 e. The lowest BCUT2D eigenvalue weighted by atomic mass is 10.2. The van der Waals surface area contributed by atoms with Crippen LogP contribution in [0.15, 0.2) is 29.2 Å². The van der Waals surface area contributed by atoms with Gasteiger partial charge in [0.2, 0.25) is 0 Å². The Balaban J connectivity index is 1.90. The molecular formula is C13H17NO5S. The van der Waals surface area contributed by atoms with Crippen molar-refractivity contribution in [3.8, 4) is 0 Å². The van der Waals surface area contributed by atoms with Crippen molar-refractivity contribution in [2.24, 2.45) is 0 Å². The van der Waals surface area contributed by atoms with E-state index in [2.05, 4.69) is 0 Å². The molecule has 1 aromatic carbocycles. The number of carbonyl (C=O) groups excluding carboxylic acids is 1. The van der Waals surface area contributed by atoms with Gasteiger partial charge in [-0.05, 0) is 26.0 Å². The second-order valence-electron chi connectivity index (χ2n) is 4.73. The van der Waals surface area contributed by atoms with Gasteiger partial charge in [-0.15, -0.1) is 0 Å². The van der Waals surface area contributed by atoms with Crippen molar-refractivity contribution in [1.82, 2.24) is 4.90 Å². The Hall–Kier alpha value is -1.60. The number of hydrogen-bond donors (Lipinski definition) is 0. The summed E-state index contributed by atoms with van der Waals surface area (Å²) in [7, 11) is -3.78. The summed E-state index contributed by atoms with van der Waals surface area (Å²) in [5.74, 6) is 0. The summed E-state index contributed by atoms with van der Waals surface area (Å²) >= 11 is 0. The highest BCUT2D eigenvalue weighted by Gasteiger charge is 2.28. The SMILES string of the molecule is Cc1ccc(S(=O)(=O)OCCN2CC(C)OC2=O)cc1. The second kappa shape index (κ2) is 5.80. The summed E-state index contributed by atoms with van der Waals surface area (Å²) in [6, 6.07) is 6.40. The number of cyclic esters (lactones) is 1. The minimum atomic E-state index is -3.78. The highest BCUT2D eigenvalue weighted by Crippen LogP contribution is 2.14. The molecule has 0 radical (unpaired) electrons. The van der Waals surface area contributed by atoms with Crippen molar-refractivity contribution in [2.75, 3.05) is 19.7 Å². The summed E-state index contributed by atoms with van der Waals surface area (Å²) < 4.78 is 33.7. The van der Waals surface area contributed by atoms with Gasteiger partial charge in [-0.25, -0.2) is 4.79 Å². The summed E-state index contributed by atoms with van der Waals surface area (Å²) in [5.41, 5.74) is 0.970. The third kappa shape index (κ3) is 3.49. The van der Waals surface area contributed by atoms with E-state index in [9.17, 15) is 13.2 Å². The molecule has 1 unspecified atom stereocenters. The number of hydrogen-bond acceptors (Lipinski definition) is 5.